The molecule has 1 rings (SSSR count). The highest BCUT2D eigenvalue weighted by Crippen LogP contribution is 2.39. The van der Waals surface area contributed by atoms with Crippen LogP contribution in [0.1, 0.15) is 46.5 Å². The first-order valence-electron chi connectivity index (χ1n) is 4.20. The lowest BCUT2D eigenvalue weighted by atomic mass is 9.69. The topological polar surface area (TPSA) is 26.0 Å². The number of nitrogens with two attached hydrogens (primary N) is 1. The van der Waals surface area contributed by atoms with Gasteiger partial charge in [0.2, 0.25) is 0 Å². The normalized spacial score (nSPS) is 39.6. The minimum atomic E-state index is 0.113. The molecular weight excluding hydrogens is 122 g/mol. The van der Waals surface area contributed by atoms with Crippen LogP contribution in [0.5, 0.6) is 0 Å². The monoisotopic (exact) mass is 141 g/mol. The summed E-state index contributed by atoms with van der Waals surface area (Å²) in [7, 11) is 0. The molecule has 0 heterocycles. The van der Waals surface area contributed by atoms with Crippen LogP contribution in [0.2, 0.25) is 0 Å². The van der Waals surface area contributed by atoms with Gasteiger partial charge in [-0.15, -0.1) is 0 Å². The van der Waals surface area contributed by atoms with Crippen molar-refractivity contribution in [2.75, 3.05) is 0 Å². The fourth-order valence-corrected chi connectivity index (χ4v) is 2.24. The Hall–Kier alpha value is -0.0400. The molecule has 0 saturated heterocycles. The van der Waals surface area contributed by atoms with Gasteiger partial charge in [-0.2, -0.15) is 0 Å². The summed E-state index contributed by atoms with van der Waals surface area (Å²) in [6, 6.07) is 0. The van der Waals surface area contributed by atoms with Crippen molar-refractivity contribution >= 4 is 0 Å². The van der Waals surface area contributed by atoms with Gasteiger partial charge in [-0.3, -0.25) is 0 Å². The van der Waals surface area contributed by atoms with Crippen molar-refractivity contribution in [1.29, 1.82) is 0 Å². The maximum absolute atomic E-state index is 6.05. The summed E-state index contributed by atoms with van der Waals surface area (Å²) in [5.41, 5.74) is 6.65. The van der Waals surface area contributed by atoms with Crippen LogP contribution < -0.4 is 5.73 Å². The van der Waals surface area contributed by atoms with Gasteiger partial charge in [0.1, 0.15) is 0 Å². The van der Waals surface area contributed by atoms with Crippen LogP contribution in [0.4, 0.5) is 0 Å². The van der Waals surface area contributed by atoms with Crippen molar-refractivity contribution in [3.8, 4) is 0 Å². The van der Waals surface area contributed by atoms with Gasteiger partial charge in [0.15, 0.2) is 0 Å². The first-order valence-corrected chi connectivity index (χ1v) is 4.20. The first-order chi connectivity index (χ1) is 4.41. The summed E-state index contributed by atoms with van der Waals surface area (Å²) in [6.45, 7) is 6.81. The summed E-state index contributed by atoms with van der Waals surface area (Å²) in [4.78, 5) is 0. The summed E-state index contributed by atoms with van der Waals surface area (Å²) in [5.74, 6) is 0. The van der Waals surface area contributed by atoms with E-state index in [9.17, 15) is 0 Å². The van der Waals surface area contributed by atoms with Crippen molar-refractivity contribution < 1.29 is 0 Å². The molecule has 1 aliphatic rings. The first kappa shape index (κ1) is 8.06. The molecule has 0 aliphatic heterocycles. The summed E-state index contributed by atoms with van der Waals surface area (Å²) < 4.78 is 0. The highest BCUT2D eigenvalue weighted by atomic mass is 14.7. The van der Waals surface area contributed by atoms with E-state index in [-0.39, 0.29) is 5.54 Å². The van der Waals surface area contributed by atoms with E-state index in [1.807, 2.05) is 0 Å². The molecule has 0 spiro atoms. The van der Waals surface area contributed by atoms with Crippen molar-refractivity contribution in [1.82, 2.24) is 0 Å². The van der Waals surface area contributed by atoms with Crippen molar-refractivity contribution in [2.24, 2.45) is 11.1 Å². The zero-order valence-corrected chi connectivity index (χ0v) is 7.41. The molecule has 0 bridgehead atoms. The number of hydrogen-bond acceptors (Lipinski definition) is 1. The van der Waals surface area contributed by atoms with E-state index in [4.69, 9.17) is 5.73 Å². The average Bonchev–Trinajstić information content (AvgIpc) is 1.56. The molecule has 0 unspecified atom stereocenters. The van der Waals surface area contributed by atoms with Crippen LogP contribution in [0.3, 0.4) is 0 Å². The van der Waals surface area contributed by atoms with E-state index in [1.54, 1.807) is 0 Å². The predicted octanol–water partition coefficient (Wildman–Crippen LogP) is 2.30. The van der Waals surface area contributed by atoms with Crippen LogP contribution in [0.25, 0.3) is 0 Å². The molecule has 0 aromatic carbocycles. The Bertz CT molecular complexity index is 111. The predicted molar refractivity (Wildman–Crippen MR) is 44.8 cm³/mol. The lowest BCUT2D eigenvalue weighted by molar-refractivity contribution is 0.164. The van der Waals surface area contributed by atoms with E-state index in [2.05, 4.69) is 20.8 Å². The molecule has 0 aromatic rings. The number of hydrogen-bond donors (Lipinski definition) is 1. The lowest BCUT2D eigenvalue weighted by Gasteiger charge is -2.40. The van der Waals surface area contributed by atoms with Crippen LogP contribution in [-0.4, -0.2) is 5.54 Å². The van der Waals surface area contributed by atoms with Crippen molar-refractivity contribution in [3.05, 3.63) is 0 Å². The van der Waals surface area contributed by atoms with E-state index in [0.717, 1.165) is 0 Å². The Morgan fingerprint density at radius 1 is 1.10 bits per heavy atom. The SMILES string of the molecule is CC1(C)CCC[C@](C)(N)C1. The third-order valence-electron chi connectivity index (χ3n) is 2.48. The zero-order chi connectivity index (χ0) is 7.83. The fourth-order valence-electron chi connectivity index (χ4n) is 2.24. The molecule has 2 N–H and O–H groups in total. The van der Waals surface area contributed by atoms with E-state index < -0.39 is 0 Å². The van der Waals surface area contributed by atoms with Crippen LogP contribution in [-0.2, 0) is 0 Å². The van der Waals surface area contributed by atoms with Gasteiger partial charge in [-0.25, -0.2) is 0 Å². The maximum atomic E-state index is 6.05. The molecule has 10 heavy (non-hydrogen) atoms. The molecule has 1 atom stereocenters. The molecule has 60 valence electrons. The second kappa shape index (κ2) is 2.23. The van der Waals surface area contributed by atoms with Crippen LogP contribution in [0, 0.1) is 5.41 Å². The number of rotatable bonds is 0. The maximum Gasteiger partial charge on any atom is 0.0131 e. The lowest BCUT2D eigenvalue weighted by Crippen LogP contribution is -2.43. The summed E-state index contributed by atoms with van der Waals surface area (Å²) in [6.07, 6.45) is 5.04. The second-order valence-corrected chi connectivity index (χ2v) is 4.85. The highest BCUT2D eigenvalue weighted by Gasteiger charge is 2.33. The average molecular weight is 141 g/mol. The minimum Gasteiger partial charge on any atom is -0.325 e. The molecule has 1 aliphatic carbocycles. The molecule has 1 fully saturated rings. The van der Waals surface area contributed by atoms with Gasteiger partial charge in [0, 0.05) is 5.54 Å². The highest BCUT2D eigenvalue weighted by molar-refractivity contribution is 4.90. The van der Waals surface area contributed by atoms with Gasteiger partial charge in [0.25, 0.3) is 0 Å². The van der Waals surface area contributed by atoms with Crippen LogP contribution in [0.15, 0.2) is 0 Å². The standard InChI is InChI=1S/C9H19N/c1-8(2)5-4-6-9(3,10)7-8/h4-7,10H2,1-3H3/t9-/m0/s1. The summed E-state index contributed by atoms with van der Waals surface area (Å²) >= 11 is 0. The third-order valence-corrected chi connectivity index (χ3v) is 2.48. The largest absolute Gasteiger partial charge is 0.325 e. The van der Waals surface area contributed by atoms with E-state index in [0.29, 0.717) is 5.41 Å². The molecule has 0 aromatic heterocycles. The smallest absolute Gasteiger partial charge is 0.0131 e. The molecule has 1 heteroatoms. The van der Waals surface area contributed by atoms with Gasteiger partial charge < -0.3 is 5.73 Å². The Balaban J connectivity index is 2.56. The quantitative estimate of drug-likeness (QED) is 0.550. The van der Waals surface area contributed by atoms with Crippen LogP contribution >= 0.6 is 0 Å². The second-order valence-electron chi connectivity index (χ2n) is 4.85. The van der Waals surface area contributed by atoms with E-state index in [1.165, 1.54) is 25.7 Å². The van der Waals surface area contributed by atoms with Gasteiger partial charge in [-0.05, 0) is 31.6 Å². The Kier molecular flexibility index (Phi) is 1.80. The van der Waals surface area contributed by atoms with Gasteiger partial charge >= 0.3 is 0 Å². The van der Waals surface area contributed by atoms with Crippen molar-refractivity contribution in [3.63, 3.8) is 0 Å². The fraction of sp³-hybridized carbons (Fsp3) is 1.00. The molecule has 1 nitrogen and oxygen atoms in total. The Labute approximate surface area is 64.0 Å². The minimum absolute atomic E-state index is 0.113. The third kappa shape index (κ3) is 1.98. The Morgan fingerprint density at radius 2 is 1.70 bits per heavy atom. The van der Waals surface area contributed by atoms with Gasteiger partial charge in [-0.1, -0.05) is 20.3 Å². The molecular formula is C9H19N. The Morgan fingerprint density at radius 3 is 2.00 bits per heavy atom. The molecule has 1 saturated carbocycles. The molecule has 0 radical (unpaired) electrons. The molecule has 0 amide bonds. The van der Waals surface area contributed by atoms with E-state index >= 15 is 0 Å². The van der Waals surface area contributed by atoms with Crippen molar-refractivity contribution in [2.45, 2.75) is 52.0 Å². The zero-order valence-electron chi connectivity index (χ0n) is 7.41. The summed E-state index contributed by atoms with van der Waals surface area (Å²) in [5, 5.41) is 0. The van der Waals surface area contributed by atoms with Gasteiger partial charge in [0.05, 0.1) is 0 Å².